The smallest absolute Gasteiger partial charge is 0.237 e. The number of carbonyl (C=O) groups excluding carboxylic acids is 1. The molecule has 0 spiro atoms. The first-order chi connectivity index (χ1) is 11.1. The van der Waals surface area contributed by atoms with E-state index in [1.165, 1.54) is 0 Å². The molecule has 0 aromatic carbocycles. The molecule has 0 radical (unpaired) electrons. The van der Waals surface area contributed by atoms with E-state index in [2.05, 4.69) is 44.7 Å². The van der Waals surface area contributed by atoms with Crippen LogP contribution in [0.15, 0.2) is 6.20 Å². The van der Waals surface area contributed by atoms with Gasteiger partial charge < -0.3 is 16.0 Å². The Bertz CT molecular complexity index is 605. The Balaban J connectivity index is 1.71. The largest absolute Gasteiger partial charge is 0.372 e. The number of nitrogens with one attached hydrogen (secondary N) is 3. The molecule has 2 atom stereocenters. The van der Waals surface area contributed by atoms with Crippen LogP contribution in [0.1, 0.15) is 37.6 Å². The summed E-state index contributed by atoms with van der Waals surface area (Å²) in [6.45, 7) is 5.59. The summed E-state index contributed by atoms with van der Waals surface area (Å²) < 4.78 is 0. The number of hydrogen-bond donors (Lipinski definition) is 3. The molecule has 1 amide bonds. The Labute approximate surface area is 137 Å². The van der Waals surface area contributed by atoms with Crippen molar-refractivity contribution in [3.05, 3.63) is 17.6 Å². The third-order valence-corrected chi connectivity index (χ3v) is 3.81. The number of carbonyl (C=O) groups is 1. The minimum Gasteiger partial charge on any atom is -0.372 e. The third kappa shape index (κ3) is 5.22. The van der Waals surface area contributed by atoms with Gasteiger partial charge in [-0.3, -0.25) is 4.79 Å². The van der Waals surface area contributed by atoms with Gasteiger partial charge in [0.15, 0.2) is 0 Å². The lowest BCUT2D eigenvalue weighted by atomic mass is 10.1. The first-order valence-electron chi connectivity index (χ1n) is 8.11. The van der Waals surface area contributed by atoms with Gasteiger partial charge in [0.05, 0.1) is 11.6 Å². The molecule has 1 aliphatic heterocycles. The summed E-state index contributed by atoms with van der Waals surface area (Å²) in [5.74, 6) is 8.34. The molecule has 124 valence electrons. The highest BCUT2D eigenvalue weighted by Crippen LogP contribution is 2.12. The van der Waals surface area contributed by atoms with Crippen molar-refractivity contribution in [2.45, 2.75) is 39.2 Å². The molecule has 0 saturated carbocycles. The normalized spacial score (nSPS) is 19.8. The fourth-order valence-corrected chi connectivity index (χ4v) is 2.53. The number of aryl methyl sites for hydroxylation is 1. The van der Waals surface area contributed by atoms with Gasteiger partial charge in [0.1, 0.15) is 11.6 Å². The molecule has 23 heavy (non-hydrogen) atoms. The summed E-state index contributed by atoms with van der Waals surface area (Å²) in [6.07, 6.45) is 4.22. The van der Waals surface area contributed by atoms with E-state index in [0.717, 1.165) is 43.0 Å². The van der Waals surface area contributed by atoms with Crippen LogP contribution < -0.4 is 16.0 Å². The van der Waals surface area contributed by atoms with Gasteiger partial charge in [-0.05, 0) is 32.2 Å². The number of unbranched alkanes of at least 4 members (excludes halogenated alkanes) is 1. The quantitative estimate of drug-likeness (QED) is 0.560. The second-order valence-electron chi connectivity index (χ2n) is 5.93. The van der Waals surface area contributed by atoms with E-state index in [1.54, 1.807) is 6.20 Å². The Morgan fingerprint density at radius 1 is 1.52 bits per heavy atom. The number of anilines is 1. The summed E-state index contributed by atoms with van der Waals surface area (Å²) in [6, 6.07) is -0.0287. The first kappa shape index (κ1) is 17.2. The maximum atomic E-state index is 11.9. The SMILES string of the molecule is CNc1nc(C)ncc1C#CCCCNC(=O)C1C[C@H](C)CN1. The van der Waals surface area contributed by atoms with Crippen LogP contribution in [0.2, 0.25) is 0 Å². The lowest BCUT2D eigenvalue weighted by molar-refractivity contribution is -0.122. The van der Waals surface area contributed by atoms with Gasteiger partial charge >= 0.3 is 0 Å². The van der Waals surface area contributed by atoms with E-state index in [-0.39, 0.29) is 11.9 Å². The van der Waals surface area contributed by atoms with Gasteiger partial charge in [0.25, 0.3) is 0 Å². The van der Waals surface area contributed by atoms with E-state index in [9.17, 15) is 4.79 Å². The highest BCUT2D eigenvalue weighted by molar-refractivity contribution is 5.82. The first-order valence-corrected chi connectivity index (χ1v) is 8.11. The molecule has 1 aliphatic rings. The molecule has 1 aromatic rings. The highest BCUT2D eigenvalue weighted by Gasteiger charge is 2.26. The lowest BCUT2D eigenvalue weighted by Gasteiger charge is -2.10. The van der Waals surface area contributed by atoms with Crippen molar-refractivity contribution in [3.8, 4) is 11.8 Å². The number of hydrogen-bond acceptors (Lipinski definition) is 5. The Morgan fingerprint density at radius 2 is 2.35 bits per heavy atom. The van der Waals surface area contributed by atoms with Crippen LogP contribution in [-0.2, 0) is 4.79 Å². The standard InChI is InChI=1S/C17H25N5O/c1-12-9-15(21-10-12)17(23)19-8-6-4-5-7-14-11-20-13(2)22-16(14)18-3/h11-12,15,21H,4,6,8-10H2,1-3H3,(H,19,23)(H,18,20,22)/t12-,15?/m0/s1. The molecule has 1 saturated heterocycles. The van der Waals surface area contributed by atoms with Crippen LogP contribution >= 0.6 is 0 Å². The third-order valence-electron chi connectivity index (χ3n) is 3.81. The van der Waals surface area contributed by atoms with Crippen LogP contribution in [0.4, 0.5) is 5.82 Å². The van der Waals surface area contributed by atoms with E-state index in [1.807, 2.05) is 14.0 Å². The Hall–Kier alpha value is -2.13. The van der Waals surface area contributed by atoms with Crippen molar-refractivity contribution in [2.75, 3.05) is 25.5 Å². The number of amides is 1. The summed E-state index contributed by atoms with van der Waals surface area (Å²) in [7, 11) is 1.82. The van der Waals surface area contributed by atoms with Gasteiger partial charge in [0, 0.05) is 26.2 Å². The van der Waals surface area contributed by atoms with E-state index < -0.39 is 0 Å². The zero-order valence-corrected chi connectivity index (χ0v) is 14.1. The molecule has 3 N–H and O–H groups in total. The zero-order chi connectivity index (χ0) is 16.7. The zero-order valence-electron chi connectivity index (χ0n) is 14.1. The minimum atomic E-state index is -0.0287. The molecule has 1 unspecified atom stereocenters. The predicted molar refractivity (Wildman–Crippen MR) is 91.0 cm³/mol. The maximum Gasteiger partial charge on any atom is 0.237 e. The van der Waals surface area contributed by atoms with Gasteiger partial charge in [0.2, 0.25) is 5.91 Å². The van der Waals surface area contributed by atoms with Crippen LogP contribution in [0, 0.1) is 24.7 Å². The summed E-state index contributed by atoms with van der Waals surface area (Å²) in [4.78, 5) is 20.4. The van der Waals surface area contributed by atoms with Crippen LogP contribution in [-0.4, -0.2) is 42.1 Å². The number of rotatable bonds is 5. The van der Waals surface area contributed by atoms with Gasteiger partial charge in [-0.25, -0.2) is 9.97 Å². The van der Waals surface area contributed by atoms with Gasteiger partial charge in [-0.15, -0.1) is 0 Å². The van der Waals surface area contributed by atoms with Crippen LogP contribution in [0.5, 0.6) is 0 Å². The van der Waals surface area contributed by atoms with Crippen LogP contribution in [0.3, 0.4) is 0 Å². The monoisotopic (exact) mass is 315 g/mol. The van der Waals surface area contributed by atoms with Gasteiger partial charge in [-0.1, -0.05) is 18.8 Å². The second-order valence-corrected chi connectivity index (χ2v) is 5.93. The van der Waals surface area contributed by atoms with E-state index in [4.69, 9.17) is 0 Å². The molecular formula is C17H25N5O. The maximum absolute atomic E-state index is 11.9. The Kier molecular flexibility index (Phi) is 6.36. The van der Waals surface area contributed by atoms with Crippen molar-refractivity contribution >= 4 is 11.7 Å². The van der Waals surface area contributed by atoms with Gasteiger partial charge in [-0.2, -0.15) is 0 Å². The molecule has 2 rings (SSSR count). The summed E-state index contributed by atoms with van der Waals surface area (Å²) in [5.41, 5.74) is 0.797. The molecule has 0 bridgehead atoms. The number of aromatic nitrogens is 2. The topological polar surface area (TPSA) is 78.9 Å². The van der Waals surface area contributed by atoms with Crippen molar-refractivity contribution in [3.63, 3.8) is 0 Å². The molecule has 0 aliphatic carbocycles. The van der Waals surface area contributed by atoms with Crippen molar-refractivity contribution in [2.24, 2.45) is 5.92 Å². The molecule has 2 heterocycles. The number of nitrogens with zero attached hydrogens (tertiary/aromatic N) is 2. The van der Waals surface area contributed by atoms with Crippen molar-refractivity contribution in [1.29, 1.82) is 0 Å². The minimum absolute atomic E-state index is 0.0287. The predicted octanol–water partition coefficient (Wildman–Crippen LogP) is 1.07. The molecular weight excluding hydrogens is 290 g/mol. The fraction of sp³-hybridized carbons (Fsp3) is 0.588. The average molecular weight is 315 g/mol. The fourth-order valence-electron chi connectivity index (χ4n) is 2.53. The molecule has 1 aromatic heterocycles. The molecule has 6 nitrogen and oxygen atoms in total. The van der Waals surface area contributed by atoms with Crippen molar-refractivity contribution in [1.82, 2.24) is 20.6 Å². The summed E-state index contributed by atoms with van der Waals surface area (Å²) >= 11 is 0. The Morgan fingerprint density at radius 3 is 3.04 bits per heavy atom. The van der Waals surface area contributed by atoms with E-state index in [0.29, 0.717) is 12.5 Å². The second kappa shape index (κ2) is 8.49. The van der Waals surface area contributed by atoms with Crippen LogP contribution in [0.25, 0.3) is 0 Å². The molecule has 1 fully saturated rings. The lowest BCUT2D eigenvalue weighted by Crippen LogP contribution is -2.40. The van der Waals surface area contributed by atoms with E-state index >= 15 is 0 Å². The van der Waals surface area contributed by atoms with Crippen molar-refractivity contribution < 1.29 is 4.79 Å². The average Bonchev–Trinajstić information content (AvgIpc) is 2.98. The molecule has 6 heteroatoms. The highest BCUT2D eigenvalue weighted by atomic mass is 16.2. The summed E-state index contributed by atoms with van der Waals surface area (Å²) in [5, 5.41) is 9.22.